The molecule has 1 fully saturated rings. The molecule has 21 heavy (non-hydrogen) atoms. The van der Waals surface area contributed by atoms with Gasteiger partial charge in [-0.1, -0.05) is 0 Å². The predicted octanol–water partition coefficient (Wildman–Crippen LogP) is 3.37. The van der Waals surface area contributed by atoms with Crippen LogP contribution in [0.4, 0.5) is 0 Å². The molecule has 116 valence electrons. The Labute approximate surface area is 150 Å². The first kappa shape index (κ1) is 37.2. The maximum absolute atomic E-state index is 7.50. The average Bonchev–Trinajstić information content (AvgIpc) is 2.56. The first-order chi connectivity index (χ1) is 9.56. The number of hydrogen-bond donors (Lipinski definition) is 0. The molecule has 1 aliphatic heterocycles. The fourth-order valence-electron chi connectivity index (χ4n) is 0.440. The number of rotatable bonds is 0. The van der Waals surface area contributed by atoms with Crippen LogP contribution in [-0.2, 0) is 39.7 Å². The Kier molecular flexibility index (Phi) is 75.8. The van der Waals surface area contributed by atoms with Crippen molar-refractivity contribution in [3.05, 3.63) is 38.0 Å². The van der Waals surface area contributed by atoms with Crippen molar-refractivity contribution in [2.24, 2.45) is 0 Å². The second-order valence-electron chi connectivity index (χ2n) is 3.57. The van der Waals surface area contributed by atoms with Crippen LogP contribution in [0.5, 0.6) is 0 Å². The van der Waals surface area contributed by atoms with Crippen molar-refractivity contribution < 1.29 is 39.7 Å². The van der Waals surface area contributed by atoms with E-state index in [2.05, 4.69) is 55.0 Å². The van der Waals surface area contributed by atoms with Crippen LogP contribution in [-0.4, -0.2) is 22.1 Å². The summed E-state index contributed by atoms with van der Waals surface area (Å²) >= 11 is 4.12. The smallest absolute Gasteiger partial charge is 0 e. The maximum atomic E-state index is 7.50. The van der Waals surface area contributed by atoms with Crippen molar-refractivity contribution in [1.82, 2.24) is 0 Å². The van der Waals surface area contributed by atoms with Crippen LogP contribution in [0.2, 0.25) is 0 Å². The monoisotopic (exact) mass is 499 g/mol. The summed E-state index contributed by atoms with van der Waals surface area (Å²) in [5, 5.41) is 1.33. The van der Waals surface area contributed by atoms with Gasteiger partial charge in [0, 0.05) is 46.9 Å². The van der Waals surface area contributed by atoms with Gasteiger partial charge >= 0.3 is 45.2 Å². The van der Waals surface area contributed by atoms with Crippen molar-refractivity contribution in [2.75, 3.05) is 16.6 Å². The van der Waals surface area contributed by atoms with Crippen molar-refractivity contribution in [1.29, 1.82) is 0 Å². The zero-order chi connectivity index (χ0) is 17.4. The molecule has 1 saturated heterocycles. The van der Waals surface area contributed by atoms with E-state index in [9.17, 15) is 0 Å². The molecule has 0 atom stereocenters. The maximum Gasteiger partial charge on any atom is 0 e. The Balaban J connectivity index is -0.0000000354. The van der Waals surface area contributed by atoms with E-state index in [4.69, 9.17) is 25.2 Å². The molecule has 8 heteroatoms. The molecular formula is C13H17NO4S2W. The summed E-state index contributed by atoms with van der Waals surface area (Å²) in [6.45, 7) is 30.1. The van der Waals surface area contributed by atoms with E-state index in [0.29, 0.717) is 0 Å². The van der Waals surface area contributed by atoms with Crippen molar-refractivity contribution in [3.8, 4) is 0 Å². The number of thioether (sulfide) groups is 2. The van der Waals surface area contributed by atoms with Gasteiger partial charge in [-0.3, -0.25) is 0 Å². The summed E-state index contributed by atoms with van der Waals surface area (Å²) in [4.78, 5) is 3.27. The minimum Gasteiger partial charge on any atom is 0 e. The quantitative estimate of drug-likeness (QED) is 0.378. The summed E-state index contributed by atoms with van der Waals surface area (Å²) in [5.41, 5.74) is -0.167. The van der Waals surface area contributed by atoms with Gasteiger partial charge in [0.15, 0.2) is 0 Å². The average molecular weight is 499 g/mol. The second kappa shape index (κ2) is 42.7. The van der Waals surface area contributed by atoms with E-state index in [0.717, 1.165) is 0 Å². The summed E-state index contributed by atoms with van der Waals surface area (Å²) in [6.07, 6.45) is 1.43. The molecule has 1 rings (SSSR count). The van der Waals surface area contributed by atoms with Crippen molar-refractivity contribution in [2.45, 2.75) is 32.7 Å². The molecule has 0 saturated carbocycles. The molecule has 5 nitrogen and oxygen atoms in total. The topological polar surface area (TPSA) is 84.0 Å². The first-order valence-electron chi connectivity index (χ1n) is 4.92. The van der Waals surface area contributed by atoms with Crippen LogP contribution in [0.1, 0.15) is 27.2 Å². The van der Waals surface area contributed by atoms with Crippen LogP contribution in [0.3, 0.4) is 0 Å². The van der Waals surface area contributed by atoms with Crippen LogP contribution >= 0.6 is 23.5 Å². The number of nitrogens with zero attached hydrogens (tertiary/aromatic N) is 1. The zero-order valence-corrected chi connectivity index (χ0v) is 16.7. The van der Waals surface area contributed by atoms with Gasteiger partial charge in [0.1, 0.15) is 0 Å². The summed E-state index contributed by atoms with van der Waals surface area (Å²) < 4.78 is 30.0. The summed E-state index contributed by atoms with van der Waals surface area (Å²) in [6, 6.07) is 0. The van der Waals surface area contributed by atoms with Gasteiger partial charge in [0.2, 0.25) is 5.54 Å². The van der Waals surface area contributed by atoms with Gasteiger partial charge in [0.05, 0.1) is 0 Å². The van der Waals surface area contributed by atoms with E-state index < -0.39 is 0 Å². The van der Waals surface area contributed by atoms with E-state index in [1.807, 2.05) is 20.8 Å². The van der Waals surface area contributed by atoms with Crippen molar-refractivity contribution in [3.63, 3.8) is 0 Å². The minimum atomic E-state index is -0.167. The van der Waals surface area contributed by atoms with E-state index in [-0.39, 0.29) is 26.6 Å². The molecule has 0 bridgehead atoms. The van der Waals surface area contributed by atoms with Crippen LogP contribution < -0.4 is 0 Å². The second-order valence-corrected chi connectivity index (χ2v) is 6.15. The van der Waals surface area contributed by atoms with Gasteiger partial charge in [-0.15, -0.1) is 0 Å². The van der Waals surface area contributed by atoms with Gasteiger partial charge < -0.3 is 4.85 Å². The van der Waals surface area contributed by atoms with Gasteiger partial charge in [0.25, 0.3) is 0 Å². The molecule has 0 unspecified atom stereocenters. The summed E-state index contributed by atoms with van der Waals surface area (Å²) in [5.74, 6) is 2.79. The third-order valence-electron chi connectivity index (χ3n) is 1.08. The normalized spacial score (nSPS) is 10.2. The molecule has 0 aromatic carbocycles. The molecule has 0 radical (unpaired) electrons. The van der Waals surface area contributed by atoms with Crippen LogP contribution in [0.25, 0.3) is 4.85 Å². The van der Waals surface area contributed by atoms with Gasteiger partial charge in [-0.2, -0.15) is 23.5 Å². The van der Waals surface area contributed by atoms with Crippen LogP contribution in [0, 0.1) is 33.2 Å². The largest absolute Gasteiger partial charge is 0 e. The predicted molar refractivity (Wildman–Crippen MR) is 76.5 cm³/mol. The van der Waals surface area contributed by atoms with E-state index in [1.54, 1.807) is 0 Å². The molecule has 0 amide bonds. The van der Waals surface area contributed by atoms with E-state index in [1.165, 1.54) is 23.0 Å². The Morgan fingerprint density at radius 1 is 0.810 bits per heavy atom. The van der Waals surface area contributed by atoms with E-state index >= 15 is 0 Å². The SMILES string of the molecule is C1CSCSC1.[C-]#[N+]C(C)(C)C.[C-]#[O+].[C-]#[O+].[C-]#[O+].[C-]#[O+].[W]. The van der Waals surface area contributed by atoms with Crippen LogP contribution in [0.15, 0.2) is 0 Å². The molecule has 0 N–H and O–H groups in total. The molecule has 0 aromatic rings. The minimum absolute atomic E-state index is 0. The fourth-order valence-corrected chi connectivity index (χ4v) is 2.73. The third kappa shape index (κ3) is 80.8. The van der Waals surface area contributed by atoms with Crippen molar-refractivity contribution >= 4 is 23.5 Å². The Morgan fingerprint density at radius 2 is 1.05 bits per heavy atom. The summed E-state index contributed by atoms with van der Waals surface area (Å²) in [7, 11) is 0. The Hall–Kier alpha value is -0.162. The number of hydrogen-bond acceptors (Lipinski definition) is 2. The Bertz CT molecular complexity index is 251. The molecule has 0 spiro atoms. The zero-order valence-electron chi connectivity index (χ0n) is 12.1. The molecular weight excluding hydrogens is 482 g/mol. The molecule has 0 aromatic heterocycles. The fraction of sp³-hybridized carbons (Fsp3) is 0.615. The standard InChI is InChI=1S/C5H9N.C4H8S2.4CO.W/c1-5(2,3)6-4;1-2-5-4-6-3-1;4*1-2;/h1-3H3;1-4H2;;;;;. The third-order valence-corrected chi connectivity index (χ3v) is 3.57. The first-order valence-corrected chi connectivity index (χ1v) is 7.23. The molecule has 0 aliphatic carbocycles. The Morgan fingerprint density at radius 3 is 1.10 bits per heavy atom. The molecule has 1 aliphatic rings. The van der Waals surface area contributed by atoms with Gasteiger partial charge in [-0.25, -0.2) is 6.57 Å². The van der Waals surface area contributed by atoms with Gasteiger partial charge in [-0.05, 0) is 17.9 Å². The molecule has 1 heterocycles.